The van der Waals surface area contributed by atoms with Crippen LogP contribution >= 0.6 is 11.8 Å². The summed E-state index contributed by atoms with van der Waals surface area (Å²) in [5.74, 6) is 2.03. The molecule has 0 unspecified atom stereocenters. The Balaban J connectivity index is 1.70. The molecule has 0 saturated carbocycles. The molecular weight excluding hydrogens is 322 g/mol. The second kappa shape index (κ2) is 7.49. The van der Waals surface area contributed by atoms with E-state index < -0.39 is 0 Å². The molecule has 2 heterocycles. The number of hydrogen-bond donors (Lipinski definition) is 1. The summed E-state index contributed by atoms with van der Waals surface area (Å²) in [6, 6.07) is 11.5. The SMILES string of the molecule is CC(C)c1nc(SCC(=O)NCc2ccco2)c2ccccc2n1. The zero-order valence-corrected chi connectivity index (χ0v) is 14.5. The molecule has 3 rings (SSSR count). The maximum atomic E-state index is 12.0. The molecule has 5 nitrogen and oxygen atoms in total. The highest BCUT2D eigenvalue weighted by molar-refractivity contribution is 8.00. The lowest BCUT2D eigenvalue weighted by Gasteiger charge is -2.10. The summed E-state index contributed by atoms with van der Waals surface area (Å²) in [6.45, 7) is 4.53. The number of aromatic nitrogens is 2. The number of rotatable bonds is 6. The Hall–Kier alpha value is -2.34. The maximum Gasteiger partial charge on any atom is 0.230 e. The van der Waals surface area contributed by atoms with Gasteiger partial charge in [0.05, 0.1) is 24.1 Å². The standard InChI is InChI=1S/C18H19N3O2S/c1-12(2)17-20-15-8-4-3-7-14(15)18(21-17)24-11-16(22)19-10-13-6-5-9-23-13/h3-9,12H,10-11H2,1-2H3,(H,19,22). The zero-order chi connectivity index (χ0) is 16.9. The van der Waals surface area contributed by atoms with Gasteiger partial charge >= 0.3 is 0 Å². The number of amides is 1. The number of thioether (sulfide) groups is 1. The van der Waals surface area contributed by atoms with Crippen molar-refractivity contribution in [1.29, 1.82) is 0 Å². The van der Waals surface area contributed by atoms with Crippen LogP contribution in [0.3, 0.4) is 0 Å². The molecule has 0 atom stereocenters. The first-order valence-corrected chi connectivity index (χ1v) is 8.80. The van der Waals surface area contributed by atoms with E-state index in [1.165, 1.54) is 11.8 Å². The van der Waals surface area contributed by atoms with Gasteiger partial charge in [0.25, 0.3) is 0 Å². The van der Waals surface area contributed by atoms with Gasteiger partial charge in [-0.25, -0.2) is 9.97 Å². The first-order chi connectivity index (χ1) is 11.6. The summed E-state index contributed by atoms with van der Waals surface area (Å²) in [6.07, 6.45) is 1.59. The zero-order valence-electron chi connectivity index (χ0n) is 13.7. The van der Waals surface area contributed by atoms with Gasteiger partial charge < -0.3 is 9.73 Å². The van der Waals surface area contributed by atoms with Crippen LogP contribution in [0.25, 0.3) is 10.9 Å². The van der Waals surface area contributed by atoms with Crippen molar-refractivity contribution in [3.8, 4) is 0 Å². The van der Waals surface area contributed by atoms with Crippen molar-refractivity contribution in [2.75, 3.05) is 5.75 Å². The van der Waals surface area contributed by atoms with Gasteiger partial charge in [-0.3, -0.25) is 4.79 Å². The van der Waals surface area contributed by atoms with E-state index in [9.17, 15) is 4.79 Å². The predicted molar refractivity (Wildman–Crippen MR) is 94.9 cm³/mol. The Morgan fingerprint density at radius 1 is 1.21 bits per heavy atom. The summed E-state index contributed by atoms with van der Waals surface area (Å²) in [5, 5.41) is 4.67. The Bertz CT molecular complexity index is 831. The molecule has 1 N–H and O–H groups in total. The number of para-hydroxylation sites is 1. The van der Waals surface area contributed by atoms with E-state index in [1.807, 2.05) is 30.3 Å². The number of carbonyl (C=O) groups is 1. The number of carbonyl (C=O) groups excluding carboxylic acids is 1. The second-order valence-electron chi connectivity index (χ2n) is 5.70. The van der Waals surface area contributed by atoms with Crippen LogP contribution < -0.4 is 5.32 Å². The number of hydrogen-bond acceptors (Lipinski definition) is 5. The lowest BCUT2D eigenvalue weighted by atomic mass is 10.2. The molecule has 1 amide bonds. The van der Waals surface area contributed by atoms with E-state index in [0.717, 1.165) is 27.5 Å². The van der Waals surface area contributed by atoms with Crippen LogP contribution in [0.1, 0.15) is 31.4 Å². The molecule has 0 bridgehead atoms. The van der Waals surface area contributed by atoms with Crippen molar-refractivity contribution in [1.82, 2.24) is 15.3 Å². The van der Waals surface area contributed by atoms with E-state index in [0.29, 0.717) is 12.3 Å². The van der Waals surface area contributed by atoms with Crippen LogP contribution in [0.5, 0.6) is 0 Å². The van der Waals surface area contributed by atoms with Crippen molar-refractivity contribution in [2.24, 2.45) is 0 Å². The molecule has 1 aromatic carbocycles. The number of nitrogens with one attached hydrogen (secondary N) is 1. The van der Waals surface area contributed by atoms with Crippen molar-refractivity contribution in [3.63, 3.8) is 0 Å². The van der Waals surface area contributed by atoms with E-state index in [-0.39, 0.29) is 11.8 Å². The fraction of sp³-hybridized carbons (Fsp3) is 0.278. The quantitative estimate of drug-likeness (QED) is 0.546. The smallest absolute Gasteiger partial charge is 0.230 e. The van der Waals surface area contributed by atoms with Crippen LogP contribution in [-0.2, 0) is 11.3 Å². The molecule has 3 aromatic rings. The third-order valence-electron chi connectivity index (χ3n) is 3.48. The normalized spacial score (nSPS) is 11.1. The molecule has 24 heavy (non-hydrogen) atoms. The highest BCUT2D eigenvalue weighted by Crippen LogP contribution is 2.26. The van der Waals surface area contributed by atoms with Crippen LogP contribution in [0, 0.1) is 0 Å². The van der Waals surface area contributed by atoms with Crippen LogP contribution in [0.15, 0.2) is 52.1 Å². The van der Waals surface area contributed by atoms with Gasteiger partial charge in [0.15, 0.2) is 0 Å². The Morgan fingerprint density at radius 3 is 2.79 bits per heavy atom. The predicted octanol–water partition coefficient (Wildman–Crippen LogP) is 3.75. The highest BCUT2D eigenvalue weighted by atomic mass is 32.2. The fourth-order valence-corrected chi connectivity index (χ4v) is 3.07. The van der Waals surface area contributed by atoms with Crippen LogP contribution in [-0.4, -0.2) is 21.6 Å². The lowest BCUT2D eigenvalue weighted by molar-refractivity contribution is -0.118. The highest BCUT2D eigenvalue weighted by Gasteiger charge is 2.12. The largest absolute Gasteiger partial charge is 0.467 e. The molecule has 124 valence electrons. The monoisotopic (exact) mass is 341 g/mol. The topological polar surface area (TPSA) is 68.0 Å². The van der Waals surface area contributed by atoms with Gasteiger partial charge in [-0.15, -0.1) is 0 Å². The van der Waals surface area contributed by atoms with Gasteiger partial charge in [-0.05, 0) is 18.2 Å². The number of nitrogens with zero attached hydrogens (tertiary/aromatic N) is 2. The summed E-state index contributed by atoms with van der Waals surface area (Å²) in [4.78, 5) is 21.3. The molecule has 0 radical (unpaired) electrons. The summed E-state index contributed by atoms with van der Waals surface area (Å²) in [5.41, 5.74) is 0.912. The van der Waals surface area contributed by atoms with Crippen molar-refractivity contribution < 1.29 is 9.21 Å². The van der Waals surface area contributed by atoms with E-state index in [2.05, 4.69) is 29.1 Å². The van der Waals surface area contributed by atoms with Crippen molar-refractivity contribution >= 4 is 28.6 Å². The van der Waals surface area contributed by atoms with Gasteiger partial charge in [-0.2, -0.15) is 0 Å². The minimum Gasteiger partial charge on any atom is -0.467 e. The molecule has 0 aliphatic rings. The van der Waals surface area contributed by atoms with Crippen molar-refractivity contribution in [3.05, 3.63) is 54.2 Å². The average molecular weight is 341 g/mol. The lowest BCUT2D eigenvalue weighted by Crippen LogP contribution is -2.24. The Labute approximate surface area is 144 Å². The van der Waals surface area contributed by atoms with E-state index in [1.54, 1.807) is 12.3 Å². The third kappa shape index (κ3) is 3.94. The van der Waals surface area contributed by atoms with Gasteiger partial charge in [0.2, 0.25) is 5.91 Å². The number of fused-ring (bicyclic) bond motifs is 1. The molecule has 2 aromatic heterocycles. The first kappa shape index (κ1) is 16.5. The fourth-order valence-electron chi connectivity index (χ4n) is 2.22. The van der Waals surface area contributed by atoms with Crippen molar-refractivity contribution in [2.45, 2.75) is 31.3 Å². The van der Waals surface area contributed by atoms with Gasteiger partial charge in [0, 0.05) is 11.3 Å². The summed E-state index contributed by atoms with van der Waals surface area (Å²) >= 11 is 1.43. The van der Waals surface area contributed by atoms with Gasteiger partial charge in [0.1, 0.15) is 16.6 Å². The van der Waals surface area contributed by atoms with E-state index >= 15 is 0 Å². The molecule has 6 heteroatoms. The number of benzene rings is 1. The minimum atomic E-state index is -0.0507. The maximum absolute atomic E-state index is 12.0. The van der Waals surface area contributed by atoms with Gasteiger partial charge in [-0.1, -0.05) is 43.8 Å². The third-order valence-corrected chi connectivity index (χ3v) is 4.47. The summed E-state index contributed by atoms with van der Waals surface area (Å²) in [7, 11) is 0. The Kier molecular flexibility index (Phi) is 5.15. The molecular formula is C18H19N3O2S. The van der Waals surface area contributed by atoms with Crippen LogP contribution in [0.4, 0.5) is 0 Å². The Morgan fingerprint density at radius 2 is 2.04 bits per heavy atom. The average Bonchev–Trinajstić information content (AvgIpc) is 3.11. The molecule has 0 aliphatic heterocycles. The second-order valence-corrected chi connectivity index (χ2v) is 6.67. The van der Waals surface area contributed by atoms with E-state index in [4.69, 9.17) is 4.42 Å². The molecule has 0 fully saturated rings. The molecule has 0 aliphatic carbocycles. The number of furan rings is 1. The first-order valence-electron chi connectivity index (χ1n) is 7.82. The molecule has 0 spiro atoms. The summed E-state index contributed by atoms with van der Waals surface area (Å²) < 4.78 is 5.20. The minimum absolute atomic E-state index is 0.0507. The molecule has 0 saturated heterocycles. The van der Waals surface area contributed by atoms with Crippen LogP contribution in [0.2, 0.25) is 0 Å².